The van der Waals surface area contributed by atoms with Crippen molar-refractivity contribution in [2.24, 2.45) is 0 Å². The number of hydrogen-bond acceptors (Lipinski definition) is 5. The first-order valence-corrected chi connectivity index (χ1v) is 5.82. The zero-order chi connectivity index (χ0) is 12.2. The standard InChI is InChI=1S/C12H10N2O2S/c13-7-3-1-5-6-2-4-8(14)10(16)12(6)17-11(5)9(7)15/h1-4,15-16H,13-14H2. The molecule has 1 aromatic heterocycles. The summed E-state index contributed by atoms with van der Waals surface area (Å²) in [6.45, 7) is 0. The summed E-state index contributed by atoms with van der Waals surface area (Å²) < 4.78 is 1.34. The molecule has 0 bridgehead atoms. The van der Waals surface area contributed by atoms with Crippen LogP contribution in [0.5, 0.6) is 11.5 Å². The molecule has 3 rings (SSSR count). The van der Waals surface area contributed by atoms with E-state index in [1.807, 2.05) is 12.1 Å². The zero-order valence-corrected chi connectivity index (χ0v) is 9.58. The van der Waals surface area contributed by atoms with Gasteiger partial charge in [0.25, 0.3) is 0 Å². The molecule has 2 aromatic carbocycles. The highest BCUT2D eigenvalue weighted by Crippen LogP contribution is 2.45. The van der Waals surface area contributed by atoms with Crippen molar-refractivity contribution >= 4 is 42.9 Å². The van der Waals surface area contributed by atoms with E-state index in [1.165, 1.54) is 11.3 Å². The molecular formula is C12H10N2O2S. The van der Waals surface area contributed by atoms with Gasteiger partial charge in [0.1, 0.15) is 0 Å². The van der Waals surface area contributed by atoms with Crippen molar-refractivity contribution in [1.29, 1.82) is 0 Å². The normalized spacial score (nSPS) is 11.3. The summed E-state index contributed by atoms with van der Waals surface area (Å²) in [5.74, 6) is 0.114. The number of thiophene rings is 1. The van der Waals surface area contributed by atoms with Crippen LogP contribution in [0.15, 0.2) is 24.3 Å². The van der Waals surface area contributed by atoms with Crippen LogP contribution in [-0.4, -0.2) is 10.2 Å². The molecular weight excluding hydrogens is 236 g/mol. The van der Waals surface area contributed by atoms with Gasteiger partial charge in [0, 0.05) is 10.8 Å². The van der Waals surface area contributed by atoms with E-state index >= 15 is 0 Å². The maximum absolute atomic E-state index is 9.89. The Bertz CT molecular complexity index is 687. The van der Waals surface area contributed by atoms with Crippen LogP contribution < -0.4 is 11.5 Å². The molecule has 0 unspecified atom stereocenters. The second kappa shape index (κ2) is 3.18. The molecule has 0 aliphatic carbocycles. The highest BCUT2D eigenvalue weighted by Gasteiger charge is 2.14. The van der Waals surface area contributed by atoms with Crippen LogP contribution in [0.4, 0.5) is 11.4 Å². The number of anilines is 2. The number of phenolic OH excluding ortho intramolecular Hbond substituents is 2. The monoisotopic (exact) mass is 246 g/mol. The molecule has 1 heterocycles. The Morgan fingerprint density at radius 1 is 0.765 bits per heavy atom. The SMILES string of the molecule is Nc1ccc2c(sc3c(O)c(N)ccc32)c1O. The van der Waals surface area contributed by atoms with Crippen molar-refractivity contribution < 1.29 is 10.2 Å². The molecule has 0 amide bonds. The Hall–Kier alpha value is -2.14. The molecule has 5 heteroatoms. The molecule has 0 aliphatic rings. The lowest BCUT2D eigenvalue weighted by Gasteiger charge is -1.99. The quantitative estimate of drug-likeness (QED) is 0.362. The van der Waals surface area contributed by atoms with Gasteiger partial charge in [0.05, 0.1) is 20.8 Å². The van der Waals surface area contributed by atoms with E-state index in [2.05, 4.69) is 0 Å². The molecule has 4 nitrogen and oxygen atoms in total. The predicted octanol–water partition coefficient (Wildman–Crippen LogP) is 2.63. The van der Waals surface area contributed by atoms with Gasteiger partial charge in [0.2, 0.25) is 0 Å². The van der Waals surface area contributed by atoms with Gasteiger partial charge >= 0.3 is 0 Å². The lowest BCUT2D eigenvalue weighted by molar-refractivity contribution is 0.485. The van der Waals surface area contributed by atoms with Gasteiger partial charge in [-0.05, 0) is 12.1 Å². The van der Waals surface area contributed by atoms with E-state index in [4.69, 9.17) is 11.5 Å². The summed E-state index contributed by atoms with van der Waals surface area (Å²) >= 11 is 1.28. The summed E-state index contributed by atoms with van der Waals surface area (Å²) in [5, 5.41) is 21.5. The van der Waals surface area contributed by atoms with Gasteiger partial charge in [-0.1, -0.05) is 12.1 Å². The number of nitrogens with two attached hydrogens (primary N) is 2. The summed E-state index contributed by atoms with van der Waals surface area (Å²) in [4.78, 5) is 0. The van der Waals surface area contributed by atoms with Crippen LogP contribution in [0.1, 0.15) is 0 Å². The lowest BCUT2D eigenvalue weighted by atomic mass is 10.1. The van der Waals surface area contributed by atoms with Crippen molar-refractivity contribution in [2.45, 2.75) is 0 Å². The molecule has 17 heavy (non-hydrogen) atoms. The summed E-state index contributed by atoms with van der Waals surface area (Å²) in [6, 6.07) is 6.96. The summed E-state index contributed by atoms with van der Waals surface area (Å²) in [7, 11) is 0. The molecule has 86 valence electrons. The number of benzene rings is 2. The fourth-order valence-electron chi connectivity index (χ4n) is 1.91. The largest absolute Gasteiger partial charge is 0.504 e. The third-order valence-corrected chi connectivity index (χ3v) is 4.05. The van der Waals surface area contributed by atoms with Gasteiger partial charge < -0.3 is 21.7 Å². The maximum Gasteiger partial charge on any atom is 0.156 e. The number of aromatic hydroxyl groups is 2. The van der Waals surface area contributed by atoms with E-state index in [0.29, 0.717) is 20.8 Å². The fraction of sp³-hybridized carbons (Fsp3) is 0. The van der Waals surface area contributed by atoms with Crippen molar-refractivity contribution in [3.63, 3.8) is 0 Å². The first kappa shape index (κ1) is 10.0. The molecule has 0 saturated heterocycles. The number of rotatable bonds is 0. The summed E-state index contributed by atoms with van der Waals surface area (Å²) in [5.41, 5.74) is 12.0. The van der Waals surface area contributed by atoms with Crippen molar-refractivity contribution in [2.75, 3.05) is 11.5 Å². The number of nitrogen functional groups attached to an aromatic ring is 2. The van der Waals surface area contributed by atoms with Crippen molar-refractivity contribution in [3.05, 3.63) is 24.3 Å². The minimum absolute atomic E-state index is 0.0571. The fourth-order valence-corrected chi connectivity index (χ4v) is 3.11. The van der Waals surface area contributed by atoms with Crippen LogP contribution in [0.25, 0.3) is 20.2 Å². The molecule has 6 N–H and O–H groups in total. The molecule has 0 saturated carbocycles. The zero-order valence-electron chi connectivity index (χ0n) is 8.77. The maximum atomic E-state index is 9.89. The van der Waals surface area contributed by atoms with E-state index in [0.717, 1.165) is 10.8 Å². The van der Waals surface area contributed by atoms with E-state index in [1.54, 1.807) is 12.1 Å². The number of hydrogen-bond donors (Lipinski definition) is 4. The van der Waals surface area contributed by atoms with Crippen LogP contribution in [0.3, 0.4) is 0 Å². The number of phenols is 2. The Kier molecular flexibility index (Phi) is 1.88. The first-order valence-electron chi connectivity index (χ1n) is 5.00. The molecule has 0 aliphatic heterocycles. The van der Waals surface area contributed by atoms with Gasteiger partial charge in [-0.25, -0.2) is 0 Å². The number of fused-ring (bicyclic) bond motifs is 3. The topological polar surface area (TPSA) is 92.5 Å². The lowest BCUT2D eigenvalue weighted by Crippen LogP contribution is -1.84. The van der Waals surface area contributed by atoms with Crippen molar-refractivity contribution in [3.8, 4) is 11.5 Å². The van der Waals surface area contributed by atoms with Crippen LogP contribution in [-0.2, 0) is 0 Å². The molecule has 0 spiro atoms. The predicted molar refractivity (Wildman–Crippen MR) is 71.5 cm³/mol. The second-order valence-electron chi connectivity index (χ2n) is 3.86. The third kappa shape index (κ3) is 1.23. The average molecular weight is 246 g/mol. The Morgan fingerprint density at radius 2 is 1.18 bits per heavy atom. The Labute approximate surface area is 101 Å². The van der Waals surface area contributed by atoms with Crippen molar-refractivity contribution in [1.82, 2.24) is 0 Å². The van der Waals surface area contributed by atoms with Crippen LogP contribution in [0, 0.1) is 0 Å². The van der Waals surface area contributed by atoms with Gasteiger partial charge in [-0.2, -0.15) is 0 Å². The molecule has 0 fully saturated rings. The highest BCUT2D eigenvalue weighted by atomic mass is 32.1. The van der Waals surface area contributed by atoms with Gasteiger partial charge in [0.15, 0.2) is 11.5 Å². The van der Waals surface area contributed by atoms with E-state index in [-0.39, 0.29) is 11.5 Å². The van der Waals surface area contributed by atoms with E-state index in [9.17, 15) is 10.2 Å². The smallest absolute Gasteiger partial charge is 0.156 e. The Balaban J connectivity index is 2.58. The minimum Gasteiger partial charge on any atom is -0.504 e. The third-order valence-electron chi connectivity index (χ3n) is 2.82. The summed E-state index contributed by atoms with van der Waals surface area (Å²) in [6.07, 6.45) is 0. The highest BCUT2D eigenvalue weighted by molar-refractivity contribution is 7.26. The average Bonchev–Trinajstić information content (AvgIpc) is 2.69. The molecule has 3 aromatic rings. The van der Waals surface area contributed by atoms with Crippen LogP contribution in [0.2, 0.25) is 0 Å². The van der Waals surface area contributed by atoms with Gasteiger partial charge in [-0.15, -0.1) is 11.3 Å². The van der Waals surface area contributed by atoms with E-state index < -0.39 is 0 Å². The second-order valence-corrected chi connectivity index (χ2v) is 4.88. The minimum atomic E-state index is 0.0571. The molecule has 0 atom stereocenters. The Morgan fingerprint density at radius 3 is 1.59 bits per heavy atom. The first-order chi connectivity index (χ1) is 8.09. The van der Waals surface area contributed by atoms with Crippen LogP contribution >= 0.6 is 11.3 Å². The molecule has 0 radical (unpaired) electrons. The van der Waals surface area contributed by atoms with Gasteiger partial charge in [-0.3, -0.25) is 0 Å².